The maximum atomic E-state index is 13.1. The van der Waals surface area contributed by atoms with Crippen LogP contribution < -0.4 is 15.2 Å². The van der Waals surface area contributed by atoms with E-state index in [4.69, 9.17) is 9.47 Å². The monoisotopic (exact) mass is 368 g/mol. The van der Waals surface area contributed by atoms with E-state index in [-0.39, 0.29) is 11.6 Å². The molecule has 1 aromatic carbocycles. The fourth-order valence-corrected chi connectivity index (χ4v) is 3.54. The highest BCUT2D eigenvalue weighted by Crippen LogP contribution is 2.20. The highest BCUT2D eigenvalue weighted by atomic mass is 16.5. The molecule has 27 heavy (non-hydrogen) atoms. The molecule has 0 spiro atoms. The number of hydrogen-bond acceptors (Lipinski definition) is 5. The first-order valence-corrected chi connectivity index (χ1v) is 9.13. The summed E-state index contributed by atoms with van der Waals surface area (Å²) >= 11 is 0. The van der Waals surface area contributed by atoms with Gasteiger partial charge in [-0.3, -0.25) is 9.20 Å². The summed E-state index contributed by atoms with van der Waals surface area (Å²) in [4.78, 5) is 19.8. The average molecular weight is 368 g/mol. The number of morpholine rings is 1. The number of benzene rings is 1. The Hall–Kier alpha value is -2.80. The summed E-state index contributed by atoms with van der Waals surface area (Å²) in [6.07, 6.45) is 3.66. The molecule has 3 heterocycles. The molecule has 0 saturated carbocycles. The van der Waals surface area contributed by atoms with Gasteiger partial charge in [-0.2, -0.15) is 0 Å². The molecule has 1 saturated heterocycles. The first kappa shape index (κ1) is 17.6. The average Bonchev–Trinajstić information content (AvgIpc) is 3.09. The Kier molecular flexibility index (Phi) is 4.61. The highest BCUT2D eigenvalue weighted by molar-refractivity contribution is 5.53. The number of methoxy groups -OCH3 is 1. The lowest BCUT2D eigenvalue weighted by Crippen LogP contribution is -2.44. The van der Waals surface area contributed by atoms with Crippen LogP contribution in [0.3, 0.4) is 0 Å². The van der Waals surface area contributed by atoms with Crippen molar-refractivity contribution in [2.24, 2.45) is 0 Å². The fourth-order valence-electron chi connectivity index (χ4n) is 3.54. The molecule has 1 unspecified atom stereocenters. The van der Waals surface area contributed by atoms with Gasteiger partial charge < -0.3 is 18.9 Å². The molecule has 2 aromatic heterocycles. The van der Waals surface area contributed by atoms with E-state index in [0.717, 1.165) is 29.5 Å². The zero-order chi connectivity index (χ0) is 19.0. The lowest BCUT2D eigenvalue weighted by atomic mass is 10.2. The summed E-state index contributed by atoms with van der Waals surface area (Å²) in [6.45, 7) is 6.69. The minimum atomic E-state index is -0.0366. The first-order chi connectivity index (χ1) is 13.1. The number of rotatable bonds is 4. The molecule has 0 aliphatic carbocycles. The van der Waals surface area contributed by atoms with Crippen LogP contribution in [0.4, 0.5) is 5.95 Å². The molecular formula is C20H24N4O3. The topological polar surface area (TPSA) is 61.0 Å². The molecule has 7 nitrogen and oxygen atoms in total. The van der Waals surface area contributed by atoms with E-state index in [1.54, 1.807) is 17.9 Å². The first-order valence-electron chi connectivity index (χ1n) is 9.13. The van der Waals surface area contributed by atoms with Gasteiger partial charge in [0.25, 0.3) is 5.56 Å². The number of ether oxygens (including phenoxy) is 2. The molecule has 1 aliphatic rings. The van der Waals surface area contributed by atoms with E-state index in [0.29, 0.717) is 25.3 Å². The van der Waals surface area contributed by atoms with Crippen molar-refractivity contribution in [1.29, 1.82) is 0 Å². The van der Waals surface area contributed by atoms with Crippen LogP contribution in [0.15, 0.2) is 41.5 Å². The van der Waals surface area contributed by atoms with Gasteiger partial charge in [-0.15, -0.1) is 0 Å². The van der Waals surface area contributed by atoms with E-state index >= 15 is 0 Å². The summed E-state index contributed by atoms with van der Waals surface area (Å²) in [5.74, 6) is 1.61. The largest absolute Gasteiger partial charge is 0.497 e. The molecule has 0 amide bonds. The van der Waals surface area contributed by atoms with E-state index in [1.165, 1.54) is 0 Å². The Morgan fingerprint density at radius 1 is 1.30 bits per heavy atom. The Bertz CT molecular complexity index is 1010. The van der Waals surface area contributed by atoms with Crippen molar-refractivity contribution in [3.63, 3.8) is 0 Å². The van der Waals surface area contributed by atoms with Crippen LogP contribution in [-0.2, 0) is 11.3 Å². The molecular weight excluding hydrogens is 344 g/mol. The summed E-state index contributed by atoms with van der Waals surface area (Å²) < 4.78 is 14.4. The molecule has 1 fully saturated rings. The van der Waals surface area contributed by atoms with Gasteiger partial charge in [-0.05, 0) is 31.5 Å². The standard InChI is InChI=1S/C20H24N4O3/c1-14-11-24-18(10-21-20(24)22-8-9-27-13-15(22)2)19(25)23(14)12-16-4-6-17(26-3)7-5-16/h4-7,10-11,15H,8-9,12-13H2,1-3H3. The van der Waals surface area contributed by atoms with Crippen LogP contribution in [0.2, 0.25) is 0 Å². The number of aryl methyl sites for hydroxylation is 1. The second-order valence-electron chi connectivity index (χ2n) is 6.94. The van der Waals surface area contributed by atoms with E-state index in [1.807, 2.05) is 41.8 Å². The number of hydrogen-bond donors (Lipinski definition) is 0. The highest BCUT2D eigenvalue weighted by Gasteiger charge is 2.23. The minimum Gasteiger partial charge on any atom is -0.497 e. The third-order valence-corrected chi connectivity index (χ3v) is 5.11. The molecule has 4 rings (SSSR count). The van der Waals surface area contributed by atoms with Crippen LogP contribution in [0.1, 0.15) is 18.2 Å². The molecule has 0 bridgehead atoms. The van der Waals surface area contributed by atoms with E-state index in [9.17, 15) is 4.79 Å². The second kappa shape index (κ2) is 7.08. The van der Waals surface area contributed by atoms with Crippen molar-refractivity contribution in [3.05, 3.63) is 58.3 Å². The number of nitrogens with zero attached hydrogens (tertiary/aromatic N) is 4. The Labute approximate surface area is 157 Å². The summed E-state index contributed by atoms with van der Waals surface area (Å²) in [5, 5.41) is 0. The number of aromatic nitrogens is 3. The predicted molar refractivity (Wildman–Crippen MR) is 104 cm³/mol. The summed E-state index contributed by atoms with van der Waals surface area (Å²) in [5.41, 5.74) is 2.49. The Morgan fingerprint density at radius 2 is 2.07 bits per heavy atom. The molecule has 142 valence electrons. The molecule has 1 aliphatic heterocycles. The third kappa shape index (κ3) is 3.19. The minimum absolute atomic E-state index is 0.0366. The van der Waals surface area contributed by atoms with Crippen LogP contribution in [0, 0.1) is 6.92 Å². The summed E-state index contributed by atoms with van der Waals surface area (Å²) in [7, 11) is 1.64. The zero-order valence-electron chi connectivity index (χ0n) is 15.9. The van der Waals surface area contributed by atoms with Crippen LogP contribution in [0.25, 0.3) is 5.52 Å². The van der Waals surface area contributed by atoms with Gasteiger partial charge >= 0.3 is 0 Å². The predicted octanol–water partition coefficient (Wildman–Crippen LogP) is 2.09. The van der Waals surface area contributed by atoms with Gasteiger partial charge in [-0.25, -0.2) is 4.98 Å². The lowest BCUT2D eigenvalue weighted by Gasteiger charge is -2.33. The van der Waals surface area contributed by atoms with Gasteiger partial charge in [-0.1, -0.05) is 12.1 Å². The second-order valence-corrected chi connectivity index (χ2v) is 6.94. The normalized spacial score (nSPS) is 17.4. The van der Waals surface area contributed by atoms with Gasteiger partial charge in [0.1, 0.15) is 11.3 Å². The van der Waals surface area contributed by atoms with Crippen LogP contribution >= 0.6 is 0 Å². The van der Waals surface area contributed by atoms with Crippen molar-refractivity contribution >= 4 is 11.5 Å². The number of imidazole rings is 1. The third-order valence-electron chi connectivity index (χ3n) is 5.11. The van der Waals surface area contributed by atoms with Gasteiger partial charge in [0.15, 0.2) is 0 Å². The number of anilines is 1. The fraction of sp³-hybridized carbons (Fsp3) is 0.400. The van der Waals surface area contributed by atoms with Crippen molar-refractivity contribution in [2.45, 2.75) is 26.4 Å². The quantitative estimate of drug-likeness (QED) is 0.706. The van der Waals surface area contributed by atoms with Crippen molar-refractivity contribution in [2.75, 3.05) is 31.8 Å². The van der Waals surface area contributed by atoms with Crippen LogP contribution in [-0.4, -0.2) is 46.9 Å². The molecule has 0 N–H and O–H groups in total. The van der Waals surface area contributed by atoms with Crippen molar-refractivity contribution in [1.82, 2.24) is 14.0 Å². The Morgan fingerprint density at radius 3 is 2.78 bits per heavy atom. The lowest BCUT2D eigenvalue weighted by molar-refractivity contribution is 0.0980. The zero-order valence-corrected chi connectivity index (χ0v) is 15.9. The number of fused-ring (bicyclic) bond motifs is 1. The van der Waals surface area contributed by atoms with Gasteiger partial charge in [0.2, 0.25) is 5.95 Å². The van der Waals surface area contributed by atoms with Crippen molar-refractivity contribution in [3.8, 4) is 5.75 Å². The van der Waals surface area contributed by atoms with Gasteiger partial charge in [0, 0.05) is 18.4 Å². The molecule has 3 aromatic rings. The molecule has 7 heteroatoms. The van der Waals surface area contributed by atoms with E-state index < -0.39 is 0 Å². The maximum Gasteiger partial charge on any atom is 0.277 e. The van der Waals surface area contributed by atoms with Gasteiger partial charge in [0.05, 0.1) is 39.1 Å². The Balaban J connectivity index is 1.72. The smallest absolute Gasteiger partial charge is 0.277 e. The maximum absolute atomic E-state index is 13.1. The van der Waals surface area contributed by atoms with E-state index in [2.05, 4.69) is 16.8 Å². The summed E-state index contributed by atoms with van der Waals surface area (Å²) in [6, 6.07) is 8.00. The van der Waals surface area contributed by atoms with Crippen LogP contribution in [0.5, 0.6) is 5.75 Å². The SMILES string of the molecule is COc1ccc(Cn2c(C)cn3c(N4CCOCC4C)ncc3c2=O)cc1. The van der Waals surface area contributed by atoms with Crippen molar-refractivity contribution < 1.29 is 9.47 Å². The molecule has 0 radical (unpaired) electrons. The molecule has 1 atom stereocenters.